The van der Waals surface area contributed by atoms with Gasteiger partial charge in [-0.05, 0) is 43.7 Å². The van der Waals surface area contributed by atoms with Crippen molar-refractivity contribution in [1.29, 1.82) is 0 Å². The Kier molecular flexibility index (Phi) is 9.38. The molecule has 0 aliphatic rings. The van der Waals surface area contributed by atoms with Crippen LogP contribution < -0.4 is 0 Å². The van der Waals surface area contributed by atoms with Crippen LogP contribution in [-0.2, 0) is 12.8 Å². The second kappa shape index (κ2) is 11.8. The monoisotopic (exact) mass is 352 g/mol. The van der Waals surface area contributed by atoms with Crippen LogP contribution in [0.3, 0.4) is 0 Å². The van der Waals surface area contributed by atoms with Crippen LogP contribution in [0.25, 0.3) is 11.4 Å². The van der Waals surface area contributed by atoms with Gasteiger partial charge in [-0.3, -0.25) is 0 Å². The van der Waals surface area contributed by atoms with Gasteiger partial charge in [0.25, 0.3) is 0 Å². The van der Waals surface area contributed by atoms with E-state index in [2.05, 4.69) is 50.0 Å². The Morgan fingerprint density at radius 1 is 0.731 bits per heavy atom. The fraction of sp³-hybridized carbons (Fsp3) is 0.583. The number of benzene rings is 1. The van der Waals surface area contributed by atoms with Crippen LogP contribution in [0.4, 0.5) is 0 Å². The molecule has 1 heterocycles. The molecule has 2 aromatic rings. The molecule has 0 saturated heterocycles. The van der Waals surface area contributed by atoms with Gasteiger partial charge in [0, 0.05) is 17.5 Å². The molecule has 2 nitrogen and oxygen atoms in total. The van der Waals surface area contributed by atoms with E-state index in [0.717, 1.165) is 23.5 Å². The molecule has 0 saturated carbocycles. The number of rotatable bonds is 12. The number of unbranched alkanes of at least 4 members (excludes halogenated alkanes) is 7. The van der Waals surface area contributed by atoms with E-state index < -0.39 is 0 Å². The van der Waals surface area contributed by atoms with Crippen molar-refractivity contribution in [2.24, 2.45) is 0 Å². The third-order valence-electron chi connectivity index (χ3n) is 5.16. The third-order valence-corrected chi connectivity index (χ3v) is 5.16. The molecule has 2 rings (SSSR count). The van der Waals surface area contributed by atoms with Gasteiger partial charge in [0.2, 0.25) is 0 Å². The highest BCUT2D eigenvalue weighted by Gasteiger charge is 2.06. The van der Waals surface area contributed by atoms with Crippen LogP contribution in [0.5, 0.6) is 0 Å². The number of hydrogen-bond donors (Lipinski definition) is 0. The molecule has 0 amide bonds. The summed E-state index contributed by atoms with van der Waals surface area (Å²) in [4.78, 5) is 9.40. The summed E-state index contributed by atoms with van der Waals surface area (Å²) in [5.74, 6) is 0.856. The highest BCUT2D eigenvalue weighted by atomic mass is 14.9. The van der Waals surface area contributed by atoms with Crippen LogP contribution in [0.2, 0.25) is 0 Å². The Balaban J connectivity index is 1.87. The minimum Gasteiger partial charge on any atom is -0.236 e. The number of aryl methyl sites for hydroxylation is 3. The van der Waals surface area contributed by atoms with Crippen LogP contribution in [0.1, 0.15) is 88.5 Å². The summed E-state index contributed by atoms with van der Waals surface area (Å²) in [7, 11) is 0. The maximum absolute atomic E-state index is 4.77. The maximum atomic E-state index is 4.77. The third kappa shape index (κ3) is 6.90. The molecule has 1 aromatic heterocycles. The van der Waals surface area contributed by atoms with Crippen molar-refractivity contribution in [3.05, 3.63) is 47.3 Å². The summed E-state index contributed by atoms with van der Waals surface area (Å²) >= 11 is 0. The molecule has 2 heteroatoms. The van der Waals surface area contributed by atoms with E-state index in [4.69, 9.17) is 4.98 Å². The molecule has 0 unspecified atom stereocenters. The lowest BCUT2D eigenvalue weighted by Crippen LogP contribution is -1.98. The lowest BCUT2D eigenvalue weighted by molar-refractivity contribution is 0.606. The van der Waals surface area contributed by atoms with Crippen molar-refractivity contribution in [2.45, 2.75) is 91.4 Å². The standard InChI is InChI=1S/C24H36N2/c1-4-6-8-9-10-12-14-23-19-25-24(26-20(23)3)22-17-15-21(16-18-22)13-11-7-5-2/h15-19H,4-14H2,1-3H3. The Bertz CT molecular complexity index is 631. The molecule has 0 atom stereocenters. The van der Waals surface area contributed by atoms with Crippen molar-refractivity contribution in [3.8, 4) is 11.4 Å². The van der Waals surface area contributed by atoms with Crippen molar-refractivity contribution in [2.75, 3.05) is 0 Å². The van der Waals surface area contributed by atoms with E-state index in [1.807, 2.05) is 6.20 Å². The fourth-order valence-electron chi connectivity index (χ4n) is 3.37. The van der Waals surface area contributed by atoms with E-state index in [9.17, 15) is 0 Å². The molecule has 0 radical (unpaired) electrons. The Labute approximate surface area is 160 Å². The number of hydrogen-bond acceptors (Lipinski definition) is 2. The summed E-state index contributed by atoms with van der Waals surface area (Å²) < 4.78 is 0. The molecule has 0 bridgehead atoms. The van der Waals surface area contributed by atoms with E-state index in [1.165, 1.54) is 75.3 Å². The Morgan fingerprint density at radius 2 is 1.35 bits per heavy atom. The lowest BCUT2D eigenvalue weighted by Gasteiger charge is -2.08. The van der Waals surface area contributed by atoms with Crippen molar-refractivity contribution in [3.63, 3.8) is 0 Å². The summed E-state index contributed by atoms with van der Waals surface area (Å²) in [6, 6.07) is 8.80. The SMILES string of the molecule is CCCCCCCCc1cnc(-c2ccc(CCCCC)cc2)nc1C. The first-order valence-corrected chi connectivity index (χ1v) is 10.7. The zero-order valence-corrected chi connectivity index (χ0v) is 17.1. The quantitative estimate of drug-likeness (QED) is 0.381. The van der Waals surface area contributed by atoms with Crippen molar-refractivity contribution >= 4 is 0 Å². The van der Waals surface area contributed by atoms with E-state index >= 15 is 0 Å². The van der Waals surface area contributed by atoms with Crippen LogP contribution in [0, 0.1) is 6.92 Å². The Hall–Kier alpha value is -1.70. The molecule has 0 N–H and O–H groups in total. The second-order valence-electron chi connectivity index (χ2n) is 7.48. The maximum Gasteiger partial charge on any atom is 0.159 e. The van der Waals surface area contributed by atoms with Gasteiger partial charge in [-0.1, -0.05) is 83.1 Å². The summed E-state index contributed by atoms with van der Waals surface area (Å²) in [6.45, 7) is 6.64. The number of nitrogens with zero attached hydrogens (tertiary/aromatic N) is 2. The van der Waals surface area contributed by atoms with Gasteiger partial charge in [0.1, 0.15) is 0 Å². The van der Waals surface area contributed by atoms with Gasteiger partial charge in [0.05, 0.1) is 0 Å². The minimum atomic E-state index is 0.856. The van der Waals surface area contributed by atoms with Crippen LogP contribution >= 0.6 is 0 Å². The first-order chi connectivity index (χ1) is 12.7. The zero-order valence-electron chi connectivity index (χ0n) is 17.1. The molecule has 26 heavy (non-hydrogen) atoms. The van der Waals surface area contributed by atoms with E-state index in [1.54, 1.807) is 0 Å². The first-order valence-electron chi connectivity index (χ1n) is 10.7. The Morgan fingerprint density at radius 3 is 2.04 bits per heavy atom. The zero-order chi connectivity index (χ0) is 18.6. The predicted molar refractivity (Wildman–Crippen MR) is 113 cm³/mol. The summed E-state index contributed by atoms with van der Waals surface area (Å²) in [6.07, 6.45) is 16.2. The topological polar surface area (TPSA) is 25.8 Å². The first kappa shape index (κ1) is 20.6. The summed E-state index contributed by atoms with van der Waals surface area (Å²) in [5.41, 5.74) is 4.98. The van der Waals surface area contributed by atoms with Gasteiger partial charge in [-0.15, -0.1) is 0 Å². The van der Waals surface area contributed by atoms with Crippen LogP contribution in [-0.4, -0.2) is 9.97 Å². The van der Waals surface area contributed by atoms with Gasteiger partial charge in [-0.2, -0.15) is 0 Å². The predicted octanol–water partition coefficient (Wildman–Crippen LogP) is 7.09. The molecular formula is C24H36N2. The average Bonchev–Trinajstić information content (AvgIpc) is 2.66. The average molecular weight is 353 g/mol. The fourth-order valence-corrected chi connectivity index (χ4v) is 3.37. The van der Waals surface area contributed by atoms with Gasteiger partial charge in [-0.25, -0.2) is 9.97 Å². The largest absolute Gasteiger partial charge is 0.236 e. The highest BCUT2D eigenvalue weighted by molar-refractivity contribution is 5.55. The molecule has 0 spiro atoms. The molecular weight excluding hydrogens is 316 g/mol. The number of aromatic nitrogens is 2. The van der Waals surface area contributed by atoms with E-state index in [-0.39, 0.29) is 0 Å². The molecule has 1 aromatic carbocycles. The molecule has 0 aliphatic carbocycles. The van der Waals surface area contributed by atoms with Crippen LogP contribution in [0.15, 0.2) is 30.5 Å². The smallest absolute Gasteiger partial charge is 0.159 e. The van der Waals surface area contributed by atoms with E-state index in [0.29, 0.717) is 0 Å². The normalized spacial score (nSPS) is 11.0. The molecule has 0 fully saturated rings. The second-order valence-corrected chi connectivity index (χ2v) is 7.48. The van der Waals surface area contributed by atoms with Gasteiger partial charge in [0.15, 0.2) is 5.82 Å². The molecule has 0 aliphatic heterocycles. The minimum absolute atomic E-state index is 0.856. The van der Waals surface area contributed by atoms with Gasteiger partial charge >= 0.3 is 0 Å². The molecule has 142 valence electrons. The highest BCUT2D eigenvalue weighted by Crippen LogP contribution is 2.19. The summed E-state index contributed by atoms with van der Waals surface area (Å²) in [5, 5.41) is 0. The van der Waals surface area contributed by atoms with Gasteiger partial charge < -0.3 is 0 Å². The van der Waals surface area contributed by atoms with Crippen molar-refractivity contribution in [1.82, 2.24) is 9.97 Å². The lowest BCUT2D eigenvalue weighted by atomic mass is 10.0. The van der Waals surface area contributed by atoms with Crippen molar-refractivity contribution < 1.29 is 0 Å².